The molecule has 0 amide bonds. The number of hydrogen-bond acceptors (Lipinski definition) is 2. The van der Waals surface area contributed by atoms with Crippen LogP contribution in [-0.4, -0.2) is 11.5 Å². The van der Waals surface area contributed by atoms with Gasteiger partial charge in [0.2, 0.25) is 0 Å². The summed E-state index contributed by atoms with van der Waals surface area (Å²) in [5, 5.41) is 3.50. The molecule has 2 aromatic rings. The number of nitrogens with one attached hydrogen (secondary N) is 1. The molecule has 1 heterocycles. The van der Waals surface area contributed by atoms with Crippen molar-refractivity contribution in [2.45, 2.75) is 33.2 Å². The number of aryl methyl sites for hydroxylation is 2. The van der Waals surface area contributed by atoms with Crippen LogP contribution in [0.15, 0.2) is 36.7 Å². The molecule has 0 radical (unpaired) electrons. The largest absolute Gasteiger partial charge is 0.306 e. The van der Waals surface area contributed by atoms with E-state index in [1.54, 1.807) is 12.3 Å². The predicted octanol–water partition coefficient (Wildman–Crippen LogP) is 3.93. The molecule has 2 rings (SSSR count). The van der Waals surface area contributed by atoms with Crippen LogP contribution in [-0.2, 0) is 0 Å². The molecule has 1 unspecified atom stereocenters. The van der Waals surface area contributed by atoms with Crippen LogP contribution in [0, 0.1) is 19.7 Å². The maximum Gasteiger partial charge on any atom is 0.123 e. The molecule has 106 valence electrons. The molecule has 1 aromatic carbocycles. The molecule has 0 saturated carbocycles. The van der Waals surface area contributed by atoms with Gasteiger partial charge in [0.25, 0.3) is 0 Å². The van der Waals surface area contributed by atoms with Gasteiger partial charge in [0, 0.05) is 12.4 Å². The fraction of sp³-hybridized carbons (Fsp3) is 0.353. The fourth-order valence-corrected chi connectivity index (χ4v) is 2.38. The molecule has 0 aliphatic heterocycles. The molecule has 1 atom stereocenters. The average Bonchev–Trinajstić information content (AvgIpc) is 2.44. The van der Waals surface area contributed by atoms with Gasteiger partial charge in [-0.3, -0.25) is 4.98 Å². The van der Waals surface area contributed by atoms with Gasteiger partial charge in [-0.15, -0.1) is 0 Å². The molecule has 0 aliphatic carbocycles. The van der Waals surface area contributed by atoms with E-state index in [2.05, 4.69) is 24.1 Å². The highest BCUT2D eigenvalue weighted by atomic mass is 19.1. The van der Waals surface area contributed by atoms with E-state index in [9.17, 15) is 4.39 Å². The number of pyridine rings is 1. The molecule has 1 aromatic heterocycles. The highest BCUT2D eigenvalue weighted by Gasteiger charge is 2.18. The van der Waals surface area contributed by atoms with E-state index in [1.807, 2.05) is 25.3 Å². The van der Waals surface area contributed by atoms with Crippen LogP contribution in [0.3, 0.4) is 0 Å². The van der Waals surface area contributed by atoms with Crippen LogP contribution in [0.1, 0.15) is 41.6 Å². The summed E-state index contributed by atoms with van der Waals surface area (Å²) in [6, 6.07) is 6.93. The fourth-order valence-electron chi connectivity index (χ4n) is 2.38. The van der Waals surface area contributed by atoms with E-state index in [1.165, 1.54) is 6.07 Å². The van der Waals surface area contributed by atoms with E-state index < -0.39 is 0 Å². The van der Waals surface area contributed by atoms with Crippen LogP contribution in [0.25, 0.3) is 0 Å². The molecular formula is C17H21FN2. The summed E-state index contributed by atoms with van der Waals surface area (Å²) in [4.78, 5) is 4.22. The number of hydrogen-bond donors (Lipinski definition) is 1. The van der Waals surface area contributed by atoms with E-state index in [0.29, 0.717) is 0 Å². The number of halogens is 1. The first-order valence-electron chi connectivity index (χ1n) is 7.03. The van der Waals surface area contributed by atoms with Crippen LogP contribution in [0.5, 0.6) is 0 Å². The zero-order chi connectivity index (χ0) is 14.5. The number of rotatable bonds is 5. The minimum Gasteiger partial charge on any atom is -0.306 e. The van der Waals surface area contributed by atoms with Gasteiger partial charge in [0.05, 0.1) is 6.04 Å². The highest BCUT2D eigenvalue weighted by molar-refractivity contribution is 5.39. The standard InChI is InChI=1S/C17H21FN2/c1-4-8-20-17(16-11-19-9-7-13(16)3)15-10-14(18)6-5-12(15)2/h5-7,9-11,17,20H,4,8H2,1-3H3. The monoisotopic (exact) mass is 272 g/mol. The Morgan fingerprint density at radius 2 is 1.90 bits per heavy atom. The third-order valence-corrected chi connectivity index (χ3v) is 3.54. The second-order valence-corrected chi connectivity index (χ2v) is 5.12. The Bertz CT molecular complexity index is 581. The van der Waals surface area contributed by atoms with Gasteiger partial charge >= 0.3 is 0 Å². The van der Waals surface area contributed by atoms with Crippen LogP contribution >= 0.6 is 0 Å². The van der Waals surface area contributed by atoms with Gasteiger partial charge in [0.15, 0.2) is 0 Å². The molecule has 3 heteroatoms. The molecule has 0 bridgehead atoms. The molecule has 0 aliphatic rings. The minimum atomic E-state index is -0.199. The molecular weight excluding hydrogens is 251 g/mol. The molecule has 0 fully saturated rings. The maximum absolute atomic E-state index is 13.6. The summed E-state index contributed by atoms with van der Waals surface area (Å²) in [5.74, 6) is -0.199. The van der Waals surface area contributed by atoms with E-state index >= 15 is 0 Å². The van der Waals surface area contributed by atoms with Gasteiger partial charge in [-0.05, 0) is 67.3 Å². The van der Waals surface area contributed by atoms with Crippen LogP contribution < -0.4 is 5.32 Å². The van der Waals surface area contributed by atoms with Crippen molar-refractivity contribution < 1.29 is 4.39 Å². The van der Waals surface area contributed by atoms with Crippen molar-refractivity contribution >= 4 is 0 Å². The smallest absolute Gasteiger partial charge is 0.123 e. The first kappa shape index (κ1) is 14.7. The van der Waals surface area contributed by atoms with Crippen molar-refractivity contribution in [2.24, 2.45) is 0 Å². The Morgan fingerprint density at radius 1 is 1.15 bits per heavy atom. The first-order valence-corrected chi connectivity index (χ1v) is 7.03. The lowest BCUT2D eigenvalue weighted by molar-refractivity contribution is 0.580. The normalized spacial score (nSPS) is 12.4. The lowest BCUT2D eigenvalue weighted by Crippen LogP contribution is -2.25. The molecule has 1 N–H and O–H groups in total. The second-order valence-electron chi connectivity index (χ2n) is 5.12. The predicted molar refractivity (Wildman–Crippen MR) is 80.2 cm³/mol. The van der Waals surface area contributed by atoms with Gasteiger partial charge in [-0.1, -0.05) is 13.0 Å². The maximum atomic E-state index is 13.6. The van der Waals surface area contributed by atoms with Crippen LogP contribution in [0.4, 0.5) is 4.39 Å². The summed E-state index contributed by atoms with van der Waals surface area (Å²) >= 11 is 0. The minimum absolute atomic E-state index is 0.0145. The lowest BCUT2D eigenvalue weighted by atomic mass is 9.93. The Hall–Kier alpha value is -1.74. The third kappa shape index (κ3) is 3.23. The molecule has 0 saturated heterocycles. The summed E-state index contributed by atoms with van der Waals surface area (Å²) < 4.78 is 13.6. The van der Waals surface area contributed by atoms with Crippen LogP contribution in [0.2, 0.25) is 0 Å². The molecule has 0 spiro atoms. The zero-order valence-electron chi connectivity index (χ0n) is 12.3. The SMILES string of the molecule is CCCNC(c1cnccc1C)c1cc(F)ccc1C. The van der Waals surface area contributed by atoms with Crippen molar-refractivity contribution in [3.8, 4) is 0 Å². The summed E-state index contributed by atoms with van der Waals surface area (Å²) in [7, 11) is 0. The summed E-state index contributed by atoms with van der Waals surface area (Å²) in [6.07, 6.45) is 4.69. The highest BCUT2D eigenvalue weighted by Crippen LogP contribution is 2.27. The molecule has 2 nitrogen and oxygen atoms in total. The Labute approximate surface area is 120 Å². The van der Waals surface area contributed by atoms with E-state index in [-0.39, 0.29) is 11.9 Å². The second kappa shape index (κ2) is 6.62. The quantitative estimate of drug-likeness (QED) is 0.892. The van der Waals surface area contributed by atoms with Gasteiger partial charge in [0.1, 0.15) is 5.82 Å². The number of benzene rings is 1. The van der Waals surface area contributed by atoms with Crippen molar-refractivity contribution in [1.29, 1.82) is 0 Å². The van der Waals surface area contributed by atoms with Crippen molar-refractivity contribution in [3.05, 3.63) is 64.7 Å². The molecule has 20 heavy (non-hydrogen) atoms. The van der Waals surface area contributed by atoms with Crippen molar-refractivity contribution in [3.63, 3.8) is 0 Å². The topological polar surface area (TPSA) is 24.9 Å². The lowest BCUT2D eigenvalue weighted by Gasteiger charge is -2.22. The third-order valence-electron chi connectivity index (χ3n) is 3.54. The summed E-state index contributed by atoms with van der Waals surface area (Å²) in [5.41, 5.74) is 4.34. The first-order chi connectivity index (χ1) is 9.63. The van der Waals surface area contributed by atoms with Gasteiger partial charge in [-0.25, -0.2) is 4.39 Å². The Morgan fingerprint density at radius 3 is 2.60 bits per heavy atom. The number of aromatic nitrogens is 1. The van der Waals surface area contributed by atoms with E-state index in [4.69, 9.17) is 0 Å². The van der Waals surface area contributed by atoms with Crippen molar-refractivity contribution in [2.75, 3.05) is 6.54 Å². The average molecular weight is 272 g/mol. The Kier molecular flexibility index (Phi) is 4.85. The van der Waals surface area contributed by atoms with E-state index in [0.717, 1.165) is 35.2 Å². The number of nitrogens with zero attached hydrogens (tertiary/aromatic N) is 1. The zero-order valence-corrected chi connectivity index (χ0v) is 12.3. The Balaban J connectivity index is 2.47. The van der Waals surface area contributed by atoms with Crippen molar-refractivity contribution in [1.82, 2.24) is 10.3 Å². The van der Waals surface area contributed by atoms with Gasteiger partial charge in [-0.2, -0.15) is 0 Å². The summed E-state index contributed by atoms with van der Waals surface area (Å²) in [6.45, 7) is 7.08. The van der Waals surface area contributed by atoms with Gasteiger partial charge < -0.3 is 5.32 Å².